The number of hydrogen-bond acceptors (Lipinski definition) is 8. The molecule has 2 aromatic heterocycles. The molecule has 2 fully saturated rings. The highest BCUT2D eigenvalue weighted by atomic mass is 16.6. The molecule has 0 aromatic carbocycles. The van der Waals surface area contributed by atoms with Crippen LogP contribution in [0.3, 0.4) is 0 Å². The van der Waals surface area contributed by atoms with Crippen molar-refractivity contribution in [3.05, 3.63) is 17.5 Å². The maximum atomic E-state index is 13.3. The van der Waals surface area contributed by atoms with Gasteiger partial charge in [0.25, 0.3) is 5.91 Å². The van der Waals surface area contributed by atoms with Crippen molar-refractivity contribution < 1.29 is 28.6 Å². The second-order valence-electron chi connectivity index (χ2n) is 7.89. The molecule has 0 unspecified atom stereocenters. The fourth-order valence-corrected chi connectivity index (χ4v) is 4.52. The van der Waals surface area contributed by atoms with Crippen molar-refractivity contribution in [2.24, 2.45) is 7.05 Å². The van der Waals surface area contributed by atoms with Crippen LogP contribution in [0.1, 0.15) is 35.8 Å². The maximum absolute atomic E-state index is 13.3. The van der Waals surface area contributed by atoms with Crippen LogP contribution in [-0.2, 0) is 21.3 Å². The average Bonchev–Trinajstić information content (AvgIpc) is 3.32. The van der Waals surface area contributed by atoms with E-state index in [2.05, 4.69) is 10.1 Å². The molecule has 11 heteroatoms. The molecule has 172 valence electrons. The number of ether oxygens (including phenoxy) is 3. The first-order valence-corrected chi connectivity index (χ1v) is 10.6. The van der Waals surface area contributed by atoms with Crippen molar-refractivity contribution in [3.63, 3.8) is 0 Å². The molecule has 2 amide bonds. The predicted octanol–water partition coefficient (Wildman–Crippen LogP) is 1.27. The second kappa shape index (κ2) is 8.64. The van der Waals surface area contributed by atoms with Gasteiger partial charge in [0.05, 0.1) is 24.8 Å². The van der Waals surface area contributed by atoms with Gasteiger partial charge in [-0.3, -0.25) is 14.4 Å². The van der Waals surface area contributed by atoms with Crippen molar-refractivity contribution in [3.8, 4) is 5.75 Å². The third-order valence-corrected chi connectivity index (χ3v) is 6.03. The number of carbonyl (C=O) groups is 3. The van der Waals surface area contributed by atoms with Crippen molar-refractivity contribution >= 4 is 29.0 Å². The molecular formula is C21H27N5O6. The minimum Gasteiger partial charge on any atom is -0.495 e. The number of fused-ring (bicyclic) bond motifs is 1. The number of pyridine rings is 1. The summed E-state index contributed by atoms with van der Waals surface area (Å²) in [5, 5.41) is 5.09. The third kappa shape index (κ3) is 3.61. The lowest BCUT2D eigenvalue weighted by atomic mass is 10.0. The Bertz CT molecular complexity index is 1060. The molecule has 4 heterocycles. The van der Waals surface area contributed by atoms with Gasteiger partial charge >= 0.3 is 12.1 Å². The summed E-state index contributed by atoms with van der Waals surface area (Å²) in [6, 6.07) is -0.943. The summed E-state index contributed by atoms with van der Waals surface area (Å²) in [6.45, 7) is 4.65. The fourth-order valence-electron chi connectivity index (χ4n) is 4.52. The highest BCUT2D eigenvalue weighted by Gasteiger charge is 2.44. The minimum atomic E-state index is -0.741. The van der Waals surface area contributed by atoms with Gasteiger partial charge in [-0.2, -0.15) is 5.10 Å². The zero-order chi connectivity index (χ0) is 23.0. The lowest BCUT2D eigenvalue weighted by Crippen LogP contribution is -2.52. The van der Waals surface area contributed by atoms with Gasteiger partial charge in [-0.1, -0.05) is 0 Å². The zero-order valence-electron chi connectivity index (χ0n) is 18.7. The number of aryl methyl sites for hydroxylation is 2. The summed E-state index contributed by atoms with van der Waals surface area (Å²) >= 11 is 0. The lowest BCUT2D eigenvalue weighted by Gasteiger charge is -2.37. The number of rotatable bonds is 5. The van der Waals surface area contributed by atoms with E-state index in [0.717, 1.165) is 5.69 Å². The smallest absolute Gasteiger partial charge is 0.410 e. The van der Waals surface area contributed by atoms with Gasteiger partial charge in [-0.25, -0.2) is 14.6 Å². The van der Waals surface area contributed by atoms with E-state index in [1.54, 1.807) is 23.6 Å². The molecule has 2 aliphatic heterocycles. The molecule has 32 heavy (non-hydrogen) atoms. The van der Waals surface area contributed by atoms with Crippen molar-refractivity contribution in [1.29, 1.82) is 0 Å². The SMILES string of the molecule is CCOC(=O)[C@@H]1COC(=O)N1C1CCN(C(=O)c2cnc3c(c(C)nn3C)c2OC)CC1. The standard InChI is InChI=1S/C21H27N5O6/c1-5-31-20(28)15-11-32-21(29)26(15)13-6-8-25(9-7-13)19(27)14-10-22-18-16(17(14)30-4)12(2)23-24(18)3/h10,13,15H,5-9,11H2,1-4H3/t15-/m0/s1. The molecule has 2 saturated heterocycles. The Balaban J connectivity index is 1.50. The molecule has 2 aromatic rings. The summed E-state index contributed by atoms with van der Waals surface area (Å²) in [5.74, 6) is -0.199. The number of likely N-dealkylation sites (tertiary alicyclic amines) is 1. The highest BCUT2D eigenvalue weighted by molar-refractivity contribution is 6.02. The molecule has 2 aliphatic rings. The number of amides is 2. The van der Waals surface area contributed by atoms with Crippen molar-refractivity contribution in [2.75, 3.05) is 33.4 Å². The summed E-state index contributed by atoms with van der Waals surface area (Å²) in [4.78, 5) is 45.4. The molecule has 11 nitrogen and oxygen atoms in total. The predicted molar refractivity (Wildman–Crippen MR) is 112 cm³/mol. The Morgan fingerprint density at radius 2 is 2.00 bits per heavy atom. The summed E-state index contributed by atoms with van der Waals surface area (Å²) in [7, 11) is 3.32. The van der Waals surface area contributed by atoms with Crippen LogP contribution in [0.2, 0.25) is 0 Å². The fraction of sp³-hybridized carbons (Fsp3) is 0.571. The molecule has 0 spiro atoms. The van der Waals surface area contributed by atoms with Crippen LogP contribution in [0.4, 0.5) is 4.79 Å². The Hall–Kier alpha value is -3.37. The number of carbonyl (C=O) groups excluding carboxylic acids is 3. The van der Waals surface area contributed by atoms with Gasteiger partial charge in [0.1, 0.15) is 17.9 Å². The van der Waals surface area contributed by atoms with Gasteiger partial charge in [-0.05, 0) is 26.7 Å². The summed E-state index contributed by atoms with van der Waals surface area (Å²) < 4.78 is 17.4. The van der Waals surface area contributed by atoms with Crippen LogP contribution < -0.4 is 4.74 Å². The van der Waals surface area contributed by atoms with Gasteiger partial charge in [0.15, 0.2) is 11.7 Å². The van der Waals surface area contributed by atoms with Crippen LogP contribution >= 0.6 is 0 Å². The number of methoxy groups -OCH3 is 1. The molecule has 0 bridgehead atoms. The molecule has 0 radical (unpaired) electrons. The number of cyclic esters (lactones) is 1. The third-order valence-electron chi connectivity index (χ3n) is 6.03. The van der Waals surface area contributed by atoms with E-state index < -0.39 is 18.1 Å². The number of piperidine rings is 1. The van der Waals surface area contributed by atoms with Crippen LogP contribution in [0.5, 0.6) is 5.75 Å². The summed E-state index contributed by atoms with van der Waals surface area (Å²) in [6.07, 6.45) is 2.06. The number of nitrogens with zero attached hydrogens (tertiary/aromatic N) is 5. The molecule has 4 rings (SSSR count). The van der Waals surface area contributed by atoms with Gasteiger partial charge in [0.2, 0.25) is 0 Å². The van der Waals surface area contributed by atoms with Crippen LogP contribution in [0.25, 0.3) is 11.0 Å². The van der Waals surface area contributed by atoms with E-state index in [1.165, 1.54) is 18.2 Å². The van der Waals surface area contributed by atoms with Gasteiger partial charge in [-0.15, -0.1) is 0 Å². The van der Waals surface area contributed by atoms with E-state index in [9.17, 15) is 14.4 Å². The number of esters is 1. The number of aromatic nitrogens is 3. The van der Waals surface area contributed by atoms with Crippen molar-refractivity contribution in [1.82, 2.24) is 24.6 Å². The van der Waals surface area contributed by atoms with E-state index in [4.69, 9.17) is 14.2 Å². The molecule has 0 saturated carbocycles. The molecular weight excluding hydrogens is 418 g/mol. The minimum absolute atomic E-state index is 0.00977. The van der Waals surface area contributed by atoms with Crippen LogP contribution in [0, 0.1) is 6.92 Å². The highest BCUT2D eigenvalue weighted by Crippen LogP contribution is 2.32. The summed E-state index contributed by atoms with van der Waals surface area (Å²) in [5.41, 5.74) is 1.75. The van der Waals surface area contributed by atoms with E-state index in [-0.39, 0.29) is 25.2 Å². The topological polar surface area (TPSA) is 116 Å². The number of hydrogen-bond donors (Lipinski definition) is 0. The van der Waals surface area contributed by atoms with Crippen LogP contribution in [0.15, 0.2) is 6.20 Å². The quantitative estimate of drug-likeness (QED) is 0.632. The molecule has 1 atom stereocenters. The Labute approximate surface area is 185 Å². The normalized spacial score (nSPS) is 19.4. The monoisotopic (exact) mass is 445 g/mol. The second-order valence-corrected chi connectivity index (χ2v) is 7.89. The van der Waals surface area contributed by atoms with Crippen LogP contribution in [-0.4, -0.2) is 88.0 Å². The Kier molecular flexibility index (Phi) is 5.90. The molecule has 0 N–H and O–H groups in total. The Morgan fingerprint density at radius 3 is 2.66 bits per heavy atom. The first-order valence-electron chi connectivity index (χ1n) is 10.6. The first-order chi connectivity index (χ1) is 15.4. The first kappa shape index (κ1) is 21.8. The van der Waals surface area contributed by atoms with E-state index >= 15 is 0 Å². The average molecular weight is 445 g/mol. The Morgan fingerprint density at radius 1 is 1.28 bits per heavy atom. The van der Waals surface area contributed by atoms with E-state index in [0.29, 0.717) is 48.3 Å². The van der Waals surface area contributed by atoms with Crippen molar-refractivity contribution in [2.45, 2.75) is 38.8 Å². The van der Waals surface area contributed by atoms with Gasteiger partial charge in [0, 0.05) is 32.4 Å². The van der Waals surface area contributed by atoms with E-state index in [1.807, 2.05) is 6.92 Å². The lowest BCUT2D eigenvalue weighted by molar-refractivity contribution is -0.148. The van der Waals surface area contributed by atoms with Gasteiger partial charge < -0.3 is 19.1 Å². The molecule has 0 aliphatic carbocycles. The maximum Gasteiger partial charge on any atom is 0.410 e. The largest absolute Gasteiger partial charge is 0.495 e. The zero-order valence-corrected chi connectivity index (χ0v) is 18.7.